The minimum absolute atomic E-state index is 0.0955. The molecule has 1 atom stereocenters. The van der Waals surface area contributed by atoms with Crippen molar-refractivity contribution in [2.24, 2.45) is 0 Å². The monoisotopic (exact) mass is 405 g/mol. The van der Waals surface area contributed by atoms with Crippen molar-refractivity contribution in [1.29, 1.82) is 0 Å². The highest BCUT2D eigenvalue weighted by molar-refractivity contribution is 7.13. The maximum atomic E-state index is 13.4. The van der Waals surface area contributed by atoms with Crippen LogP contribution in [0.15, 0.2) is 30.7 Å². The summed E-state index contributed by atoms with van der Waals surface area (Å²) in [6.07, 6.45) is 6.65. The fourth-order valence-corrected chi connectivity index (χ4v) is 5.01. The van der Waals surface area contributed by atoms with Gasteiger partial charge in [-0.1, -0.05) is 17.4 Å². The highest BCUT2D eigenvalue weighted by Gasteiger charge is 2.38. The Kier molecular flexibility index (Phi) is 3.61. The SMILES string of the molecule is Cc1cccn2nc([C@@H]3c4nc[nH]c4CCN3C(=O)c3nnc(C4CC4)s3)cc12. The highest BCUT2D eigenvalue weighted by Crippen LogP contribution is 2.42. The second-order valence-electron chi connectivity index (χ2n) is 7.73. The van der Waals surface area contributed by atoms with Crippen molar-refractivity contribution in [3.8, 4) is 0 Å². The molecule has 9 heteroatoms. The standard InChI is InChI=1S/C20H19N7OS/c1-11-3-2-7-27-15(11)9-14(25-27)17-16-13(21-10-22-16)6-8-26(17)20(28)19-24-23-18(29-19)12-4-5-12/h2-3,7,9-10,12,17H,4-6,8H2,1H3,(H,21,22)/t17-/m1/s1. The zero-order chi connectivity index (χ0) is 19.5. The first-order valence-corrected chi connectivity index (χ1v) is 10.6. The molecule has 1 amide bonds. The average molecular weight is 405 g/mol. The number of carbonyl (C=O) groups is 1. The van der Waals surface area contributed by atoms with Crippen molar-refractivity contribution in [2.75, 3.05) is 6.54 Å². The molecule has 0 unspecified atom stereocenters. The van der Waals surface area contributed by atoms with Crippen molar-refractivity contribution in [3.63, 3.8) is 0 Å². The Balaban J connectivity index is 1.44. The molecule has 4 aromatic heterocycles. The summed E-state index contributed by atoms with van der Waals surface area (Å²) in [6, 6.07) is 5.75. The lowest BCUT2D eigenvalue weighted by atomic mass is 9.99. The first kappa shape index (κ1) is 16.8. The number of aryl methyl sites for hydroxylation is 1. The van der Waals surface area contributed by atoms with Crippen LogP contribution in [-0.2, 0) is 6.42 Å². The van der Waals surface area contributed by atoms with Gasteiger partial charge in [0.15, 0.2) is 0 Å². The van der Waals surface area contributed by atoms with Gasteiger partial charge >= 0.3 is 0 Å². The molecule has 0 saturated heterocycles. The normalized spacial score (nSPS) is 18.9. The van der Waals surface area contributed by atoms with E-state index in [1.54, 1.807) is 6.33 Å². The predicted molar refractivity (Wildman–Crippen MR) is 107 cm³/mol. The van der Waals surface area contributed by atoms with E-state index in [2.05, 4.69) is 39.2 Å². The number of aromatic amines is 1. The minimum atomic E-state index is -0.343. The van der Waals surface area contributed by atoms with Crippen LogP contribution in [0.1, 0.15) is 62.3 Å². The number of nitrogens with zero attached hydrogens (tertiary/aromatic N) is 6. The Hall–Kier alpha value is -3.07. The lowest BCUT2D eigenvalue weighted by molar-refractivity contribution is 0.0685. The summed E-state index contributed by atoms with van der Waals surface area (Å²) in [5, 5.41) is 14.7. The first-order valence-electron chi connectivity index (χ1n) is 9.80. The fourth-order valence-electron chi connectivity index (χ4n) is 4.04. The van der Waals surface area contributed by atoms with Crippen LogP contribution in [0.25, 0.3) is 5.52 Å². The van der Waals surface area contributed by atoms with Gasteiger partial charge in [0.1, 0.15) is 11.0 Å². The molecule has 1 fully saturated rings. The number of hydrogen-bond acceptors (Lipinski definition) is 6. The fraction of sp³-hybridized carbons (Fsp3) is 0.350. The van der Waals surface area contributed by atoms with Gasteiger partial charge in [-0.2, -0.15) is 5.10 Å². The zero-order valence-corrected chi connectivity index (χ0v) is 16.7. The van der Waals surface area contributed by atoms with Crippen molar-refractivity contribution in [2.45, 2.75) is 38.1 Å². The van der Waals surface area contributed by atoms with Gasteiger partial charge in [-0.05, 0) is 37.5 Å². The topological polar surface area (TPSA) is 92.1 Å². The molecule has 146 valence electrons. The molecule has 1 N–H and O–H groups in total. The van der Waals surface area contributed by atoms with E-state index in [0.717, 1.165) is 52.4 Å². The van der Waals surface area contributed by atoms with Crippen molar-refractivity contribution >= 4 is 22.8 Å². The maximum absolute atomic E-state index is 13.4. The Morgan fingerprint density at radius 1 is 1.31 bits per heavy atom. The van der Waals surface area contributed by atoms with Crippen LogP contribution in [0.5, 0.6) is 0 Å². The van der Waals surface area contributed by atoms with Gasteiger partial charge in [0.25, 0.3) is 5.91 Å². The maximum Gasteiger partial charge on any atom is 0.285 e. The molecule has 0 aromatic carbocycles. The highest BCUT2D eigenvalue weighted by atomic mass is 32.1. The third-order valence-corrected chi connectivity index (χ3v) is 6.82. The molecule has 6 rings (SSSR count). The van der Waals surface area contributed by atoms with Crippen LogP contribution in [0.4, 0.5) is 0 Å². The van der Waals surface area contributed by atoms with Gasteiger partial charge in [0.05, 0.1) is 23.2 Å². The van der Waals surface area contributed by atoms with Gasteiger partial charge in [-0.25, -0.2) is 9.50 Å². The number of pyridine rings is 1. The molecule has 0 spiro atoms. The van der Waals surface area contributed by atoms with Gasteiger partial charge < -0.3 is 9.88 Å². The predicted octanol–water partition coefficient (Wildman–Crippen LogP) is 2.88. The molecule has 4 aromatic rings. The van der Waals surface area contributed by atoms with Crippen LogP contribution in [0, 0.1) is 6.92 Å². The van der Waals surface area contributed by atoms with Crippen molar-refractivity contribution in [1.82, 2.24) is 34.7 Å². The van der Waals surface area contributed by atoms with Crippen molar-refractivity contribution < 1.29 is 4.79 Å². The molecule has 1 aliphatic heterocycles. The summed E-state index contributed by atoms with van der Waals surface area (Å²) < 4.78 is 1.87. The van der Waals surface area contributed by atoms with Crippen LogP contribution in [0.2, 0.25) is 0 Å². The summed E-state index contributed by atoms with van der Waals surface area (Å²) in [6.45, 7) is 2.65. The quantitative estimate of drug-likeness (QED) is 0.566. The molecule has 5 heterocycles. The van der Waals surface area contributed by atoms with Gasteiger partial charge in [0.2, 0.25) is 5.01 Å². The summed E-state index contributed by atoms with van der Waals surface area (Å²) in [5.41, 5.74) is 4.90. The Morgan fingerprint density at radius 3 is 3.03 bits per heavy atom. The lowest BCUT2D eigenvalue weighted by Gasteiger charge is -2.33. The molecule has 2 aliphatic rings. The van der Waals surface area contributed by atoms with Crippen LogP contribution in [0.3, 0.4) is 0 Å². The van der Waals surface area contributed by atoms with Crippen LogP contribution >= 0.6 is 11.3 Å². The summed E-state index contributed by atoms with van der Waals surface area (Å²) in [7, 11) is 0. The Morgan fingerprint density at radius 2 is 2.21 bits per heavy atom. The molecule has 0 radical (unpaired) electrons. The number of rotatable bonds is 3. The third-order valence-electron chi connectivity index (χ3n) is 5.75. The van der Waals surface area contributed by atoms with E-state index in [1.807, 2.05) is 21.7 Å². The lowest BCUT2D eigenvalue weighted by Crippen LogP contribution is -2.41. The van der Waals surface area contributed by atoms with E-state index in [-0.39, 0.29) is 11.9 Å². The van der Waals surface area contributed by atoms with E-state index < -0.39 is 0 Å². The average Bonchev–Trinajstić information content (AvgIpc) is 3.13. The number of amides is 1. The number of hydrogen-bond donors (Lipinski definition) is 1. The van der Waals surface area contributed by atoms with E-state index in [1.165, 1.54) is 11.3 Å². The van der Waals surface area contributed by atoms with E-state index in [0.29, 0.717) is 17.5 Å². The van der Waals surface area contributed by atoms with E-state index in [9.17, 15) is 4.79 Å². The number of aromatic nitrogens is 6. The summed E-state index contributed by atoms with van der Waals surface area (Å²) in [4.78, 5) is 23.0. The second kappa shape index (κ2) is 6.21. The molecule has 1 aliphatic carbocycles. The summed E-state index contributed by atoms with van der Waals surface area (Å²) >= 11 is 1.43. The second-order valence-corrected chi connectivity index (χ2v) is 8.74. The van der Waals surface area contributed by atoms with Gasteiger partial charge in [0, 0.05) is 30.8 Å². The van der Waals surface area contributed by atoms with E-state index in [4.69, 9.17) is 5.10 Å². The van der Waals surface area contributed by atoms with Crippen LogP contribution < -0.4 is 0 Å². The number of H-pyrrole nitrogens is 1. The number of imidazole rings is 1. The van der Waals surface area contributed by atoms with Crippen LogP contribution in [-0.4, -0.2) is 47.1 Å². The smallest absolute Gasteiger partial charge is 0.285 e. The molecule has 8 nitrogen and oxygen atoms in total. The first-order chi connectivity index (χ1) is 14.2. The molecule has 0 bridgehead atoms. The third kappa shape index (κ3) is 2.68. The molecular formula is C20H19N7OS. The molecule has 29 heavy (non-hydrogen) atoms. The van der Waals surface area contributed by atoms with E-state index >= 15 is 0 Å². The molecular weight excluding hydrogens is 386 g/mol. The summed E-state index contributed by atoms with van der Waals surface area (Å²) in [5.74, 6) is 0.396. The zero-order valence-electron chi connectivity index (χ0n) is 15.9. The molecule has 1 saturated carbocycles. The minimum Gasteiger partial charge on any atom is -0.348 e. The number of carbonyl (C=O) groups excluding carboxylic acids is 1. The Bertz CT molecular complexity index is 1230. The van der Waals surface area contributed by atoms with Crippen molar-refractivity contribution in [3.05, 3.63) is 63.4 Å². The van der Waals surface area contributed by atoms with Gasteiger partial charge in [-0.3, -0.25) is 4.79 Å². The number of nitrogens with one attached hydrogen (secondary N) is 1. The number of fused-ring (bicyclic) bond motifs is 2. The van der Waals surface area contributed by atoms with Gasteiger partial charge in [-0.15, -0.1) is 10.2 Å². The Labute approximate surface area is 170 Å². The largest absolute Gasteiger partial charge is 0.348 e.